The number of aliphatic hydroxyl groups excluding tert-OH is 1. The van der Waals surface area contributed by atoms with E-state index in [4.69, 9.17) is 16.2 Å². The zero-order valence-corrected chi connectivity index (χ0v) is 25.1. The van der Waals surface area contributed by atoms with Crippen molar-refractivity contribution < 1.29 is 14.6 Å². The van der Waals surface area contributed by atoms with Gasteiger partial charge in [-0.15, -0.1) is 11.4 Å². The summed E-state index contributed by atoms with van der Waals surface area (Å²) in [5, 5.41) is 14.8. The molecule has 0 saturated carbocycles. The number of allylic oxidation sites excluding steroid dienone is 1. The number of unbranched alkanes of at least 4 members (excludes halogenated alkanes) is 5. The molecular weight excluding hydrogens is 596 g/mol. The van der Waals surface area contributed by atoms with E-state index in [9.17, 15) is 4.79 Å². The summed E-state index contributed by atoms with van der Waals surface area (Å²) in [4.78, 5) is 16.3. The number of carbonyl (C=O) groups excluding carboxylic acids is 1. The molecule has 0 aliphatic carbocycles. The lowest BCUT2D eigenvalue weighted by molar-refractivity contribution is -0.0547. The van der Waals surface area contributed by atoms with Crippen molar-refractivity contribution in [3.8, 4) is 0 Å². The first-order valence-corrected chi connectivity index (χ1v) is 17.1. The molecule has 9 nitrogen and oxygen atoms in total. The van der Waals surface area contributed by atoms with Crippen LogP contribution in [0.4, 0.5) is 0 Å². The maximum atomic E-state index is 10.9. The van der Waals surface area contributed by atoms with Crippen LogP contribution in [0.3, 0.4) is 0 Å². The van der Waals surface area contributed by atoms with E-state index in [0.29, 0.717) is 17.7 Å². The molecule has 1 atom stereocenters. The number of nitrogens with zero attached hydrogens (tertiary/aromatic N) is 6. The maximum Gasteiger partial charge on any atom is 0.341 e. The van der Waals surface area contributed by atoms with Crippen molar-refractivity contribution in [1.29, 1.82) is 0 Å². The molecule has 12 heteroatoms. The highest BCUT2D eigenvalue weighted by molar-refractivity contribution is 9.09. The summed E-state index contributed by atoms with van der Waals surface area (Å²) in [5.41, 5.74) is 16.8. The molecule has 1 N–H and O–H groups in total. The highest BCUT2D eigenvalue weighted by atomic mass is 79.9. The predicted molar refractivity (Wildman–Crippen MR) is 153 cm³/mol. The number of cyclic esters (lactones) is 1. The molecule has 0 saturated heterocycles. The Labute approximate surface area is 226 Å². The molecule has 196 valence electrons. The van der Waals surface area contributed by atoms with Gasteiger partial charge in [-0.1, -0.05) is 93.7 Å². The number of benzene rings is 1. The minimum absolute atomic E-state index is 0.451. The minimum atomic E-state index is -1.45. The molecule has 1 aliphatic heterocycles. The standard InChI is InChI=1S/C8H6O3.C6H12BrN3.C6H11Br.C3H9N3Si/c9-7-5-3-1-2-4-6(5)8(10)11-7;7-5-3-1-2-4-6-9-10-8;1-2-3-4-5-6-7;1-7(2,3)6-5-4/h1-4,7,9H;1-6H2;2H,1,3-6H2;1-3H3. The molecule has 0 fully saturated rings. The van der Waals surface area contributed by atoms with Crippen LogP contribution < -0.4 is 0 Å². The van der Waals surface area contributed by atoms with Gasteiger partial charge in [-0.25, -0.2) is 4.79 Å². The number of aliphatic hydroxyl groups is 1. The summed E-state index contributed by atoms with van der Waals surface area (Å²) in [5.74, 6) is -0.451. The Morgan fingerprint density at radius 1 is 1.06 bits per heavy atom. The highest BCUT2D eigenvalue weighted by Crippen LogP contribution is 2.27. The fourth-order valence-electron chi connectivity index (χ4n) is 2.32. The van der Waals surface area contributed by atoms with E-state index >= 15 is 0 Å². The molecule has 0 bridgehead atoms. The van der Waals surface area contributed by atoms with Crippen LogP contribution in [-0.2, 0) is 4.74 Å². The van der Waals surface area contributed by atoms with Gasteiger partial charge >= 0.3 is 5.97 Å². The van der Waals surface area contributed by atoms with Crippen molar-refractivity contribution in [3.63, 3.8) is 0 Å². The molecule has 1 heterocycles. The van der Waals surface area contributed by atoms with Gasteiger partial charge < -0.3 is 9.84 Å². The molecule has 1 aromatic carbocycles. The van der Waals surface area contributed by atoms with E-state index in [0.717, 1.165) is 23.5 Å². The lowest BCUT2D eigenvalue weighted by atomic mass is 10.1. The fraction of sp³-hybridized carbons (Fsp3) is 0.609. The Kier molecular flexibility index (Phi) is 24.1. The zero-order chi connectivity index (χ0) is 27.0. The molecule has 1 aromatic rings. The first-order valence-electron chi connectivity index (χ1n) is 11.5. The van der Waals surface area contributed by atoms with Gasteiger partial charge in [0.1, 0.15) is 8.24 Å². The topological polar surface area (TPSA) is 144 Å². The van der Waals surface area contributed by atoms with Crippen LogP contribution in [0.1, 0.15) is 67.2 Å². The second-order valence-electron chi connectivity index (χ2n) is 8.24. The quantitative estimate of drug-likeness (QED) is 0.0379. The average molecular weight is 634 g/mol. The normalized spacial score (nSPS) is 13.0. The van der Waals surface area contributed by atoms with Gasteiger partial charge in [-0.2, -0.15) is 0 Å². The van der Waals surface area contributed by atoms with E-state index < -0.39 is 20.5 Å². The first-order chi connectivity index (χ1) is 16.7. The molecule has 0 spiro atoms. The summed E-state index contributed by atoms with van der Waals surface area (Å²) < 4.78 is 8.12. The Balaban J connectivity index is 0. The van der Waals surface area contributed by atoms with Gasteiger partial charge in [0, 0.05) is 27.7 Å². The Bertz CT molecular complexity index is 811. The predicted octanol–water partition coefficient (Wildman–Crippen LogP) is 8.97. The van der Waals surface area contributed by atoms with Crippen LogP contribution >= 0.6 is 31.9 Å². The molecule has 1 aliphatic rings. The molecular formula is C23H38Br2N6O3Si. The highest BCUT2D eigenvalue weighted by Gasteiger charge is 2.28. The molecule has 0 amide bonds. The Hall–Kier alpha value is -1.81. The van der Waals surface area contributed by atoms with Crippen molar-refractivity contribution in [1.82, 2.24) is 0 Å². The summed E-state index contributed by atoms with van der Waals surface area (Å²) in [6.07, 6.45) is 9.23. The number of halogens is 2. The third kappa shape index (κ3) is 22.4. The Morgan fingerprint density at radius 2 is 1.66 bits per heavy atom. The van der Waals surface area contributed by atoms with Crippen LogP contribution in [0.15, 0.2) is 46.8 Å². The van der Waals surface area contributed by atoms with Crippen LogP contribution in [0.25, 0.3) is 20.9 Å². The number of carbonyl (C=O) groups is 1. The summed E-state index contributed by atoms with van der Waals surface area (Å²) >= 11 is 6.70. The lowest BCUT2D eigenvalue weighted by Crippen LogP contribution is -2.13. The molecule has 35 heavy (non-hydrogen) atoms. The third-order valence-corrected chi connectivity index (χ3v) is 5.82. The van der Waals surface area contributed by atoms with Gasteiger partial charge in [0.15, 0.2) is 0 Å². The van der Waals surface area contributed by atoms with Crippen LogP contribution in [0, 0.1) is 0 Å². The second-order valence-corrected chi connectivity index (χ2v) is 14.4. The first kappa shape index (κ1) is 35.3. The number of ether oxygens (including phenoxy) is 1. The monoisotopic (exact) mass is 632 g/mol. The second kappa shape index (κ2) is 23.9. The number of fused-ring (bicyclic) bond motifs is 1. The number of rotatable bonds is 11. The van der Waals surface area contributed by atoms with Crippen molar-refractivity contribution in [2.24, 2.45) is 9.89 Å². The molecule has 1 unspecified atom stereocenters. The molecule has 0 radical (unpaired) electrons. The number of esters is 1. The number of hydrogen-bond donors (Lipinski definition) is 1. The van der Waals surface area contributed by atoms with Gasteiger partial charge in [0.25, 0.3) is 0 Å². The summed E-state index contributed by atoms with van der Waals surface area (Å²) in [6.45, 7) is 10.2. The smallest absolute Gasteiger partial charge is 0.341 e. The van der Waals surface area contributed by atoms with Crippen LogP contribution in [0.2, 0.25) is 19.6 Å². The van der Waals surface area contributed by atoms with E-state index in [1.807, 2.05) is 25.7 Å². The number of azide groups is 2. The van der Waals surface area contributed by atoms with Gasteiger partial charge in [0.2, 0.25) is 6.29 Å². The minimum Gasteiger partial charge on any atom is -0.428 e. The van der Waals surface area contributed by atoms with Gasteiger partial charge in [0.05, 0.1) is 5.56 Å². The fourth-order valence-corrected chi connectivity index (χ4v) is 3.38. The maximum absolute atomic E-state index is 10.9. The van der Waals surface area contributed by atoms with Gasteiger partial charge in [-0.3, -0.25) is 0 Å². The van der Waals surface area contributed by atoms with E-state index in [-0.39, 0.29) is 0 Å². The van der Waals surface area contributed by atoms with Gasteiger partial charge in [-0.05, 0) is 54.1 Å². The largest absolute Gasteiger partial charge is 0.428 e. The van der Waals surface area contributed by atoms with Crippen LogP contribution in [-0.4, -0.2) is 36.5 Å². The average Bonchev–Trinajstić information content (AvgIpc) is 3.11. The Morgan fingerprint density at radius 3 is 2.14 bits per heavy atom. The van der Waals surface area contributed by atoms with Crippen molar-refractivity contribution in [2.45, 2.75) is 70.9 Å². The van der Waals surface area contributed by atoms with Crippen molar-refractivity contribution in [3.05, 3.63) is 68.9 Å². The zero-order valence-electron chi connectivity index (χ0n) is 20.9. The lowest BCUT2D eigenvalue weighted by Gasteiger charge is -2.01. The third-order valence-electron chi connectivity index (χ3n) is 4.01. The summed E-state index contributed by atoms with van der Waals surface area (Å²) in [7, 11) is -1.45. The van der Waals surface area contributed by atoms with Crippen LogP contribution in [0.5, 0.6) is 0 Å². The van der Waals surface area contributed by atoms with E-state index in [1.54, 1.807) is 24.3 Å². The van der Waals surface area contributed by atoms with Crippen molar-refractivity contribution >= 4 is 46.1 Å². The molecule has 2 rings (SSSR count). The van der Waals surface area contributed by atoms with Crippen molar-refractivity contribution in [2.75, 3.05) is 17.2 Å². The van der Waals surface area contributed by atoms with E-state index in [1.165, 1.54) is 32.1 Å². The van der Waals surface area contributed by atoms with E-state index in [2.05, 4.69) is 62.9 Å². The molecule has 0 aromatic heterocycles. The number of hydrogen-bond acceptors (Lipinski definition) is 5. The number of alkyl halides is 2. The summed E-state index contributed by atoms with van der Waals surface area (Å²) in [6, 6.07) is 6.79. The SMILES string of the molecule is C=CCCCCBr.C[Si](C)(C)N=[N+]=[N-].O=C1OC(O)c2ccccc21.[N-]=[N+]=NCCCCCCBr.